The molecule has 2 aliphatic heterocycles. The number of ether oxygens (including phenoxy) is 2. The van der Waals surface area contributed by atoms with Crippen LogP contribution in [0.3, 0.4) is 0 Å². The average Bonchev–Trinajstić information content (AvgIpc) is 3.06. The zero-order valence-corrected chi connectivity index (χ0v) is 14.1. The summed E-state index contributed by atoms with van der Waals surface area (Å²) in [6.07, 6.45) is 2.56. The number of methoxy groups -OCH3 is 1. The summed E-state index contributed by atoms with van der Waals surface area (Å²) >= 11 is 0. The first-order valence-corrected chi connectivity index (χ1v) is 8.55. The Balaban J connectivity index is 1.57. The van der Waals surface area contributed by atoms with Gasteiger partial charge in [-0.3, -0.25) is 4.79 Å². The van der Waals surface area contributed by atoms with Crippen LogP contribution in [0.1, 0.15) is 19.3 Å². The van der Waals surface area contributed by atoms with Crippen LogP contribution < -0.4 is 10.1 Å². The fraction of sp³-hybridized carbons (Fsp3) is 0.611. The average molecular weight is 336 g/mol. The van der Waals surface area contributed by atoms with Crippen molar-refractivity contribution in [1.29, 1.82) is 0 Å². The lowest BCUT2D eigenvalue weighted by Gasteiger charge is -2.30. The first-order chi connectivity index (χ1) is 11.6. The second-order valence-electron chi connectivity index (χ2n) is 6.66. The Morgan fingerprint density at radius 3 is 2.71 bits per heavy atom. The van der Waals surface area contributed by atoms with Crippen molar-refractivity contribution in [1.82, 2.24) is 10.2 Å². The van der Waals surface area contributed by atoms with E-state index >= 15 is 0 Å². The van der Waals surface area contributed by atoms with Crippen molar-refractivity contribution in [2.75, 3.05) is 39.9 Å². The quantitative estimate of drug-likeness (QED) is 0.891. The Morgan fingerprint density at radius 1 is 1.33 bits per heavy atom. The van der Waals surface area contributed by atoms with Crippen LogP contribution in [0.4, 0.5) is 4.39 Å². The highest BCUT2D eigenvalue weighted by molar-refractivity contribution is 5.79. The van der Waals surface area contributed by atoms with Crippen LogP contribution >= 0.6 is 0 Å². The molecular formula is C18H25FN2O3. The van der Waals surface area contributed by atoms with Gasteiger partial charge in [-0.05, 0) is 56.6 Å². The van der Waals surface area contributed by atoms with Gasteiger partial charge in [0, 0.05) is 19.6 Å². The summed E-state index contributed by atoms with van der Waals surface area (Å²) in [5, 5.41) is 3.29. The Bertz CT molecular complexity index is 560. The van der Waals surface area contributed by atoms with E-state index in [1.54, 1.807) is 19.2 Å². The predicted octanol–water partition coefficient (Wildman–Crippen LogP) is 1.82. The number of hydrogen-bond donors (Lipinski definition) is 1. The van der Waals surface area contributed by atoms with Gasteiger partial charge in [0.1, 0.15) is 23.8 Å². The lowest BCUT2D eigenvalue weighted by atomic mass is 9.96. The number of nitrogens with zero attached hydrogens (tertiary/aromatic N) is 1. The third kappa shape index (κ3) is 3.87. The van der Waals surface area contributed by atoms with Crippen LogP contribution in [0.5, 0.6) is 5.75 Å². The van der Waals surface area contributed by atoms with E-state index in [0.29, 0.717) is 25.4 Å². The van der Waals surface area contributed by atoms with Gasteiger partial charge in [0.2, 0.25) is 5.91 Å². The monoisotopic (exact) mass is 336 g/mol. The van der Waals surface area contributed by atoms with E-state index in [-0.39, 0.29) is 17.6 Å². The molecule has 24 heavy (non-hydrogen) atoms. The smallest absolute Gasteiger partial charge is 0.225 e. The third-order valence-electron chi connectivity index (χ3n) is 5.06. The first kappa shape index (κ1) is 17.2. The maximum atomic E-state index is 13.0. The number of likely N-dealkylation sites (tertiary alicyclic amines) is 1. The van der Waals surface area contributed by atoms with E-state index in [0.717, 1.165) is 32.4 Å². The summed E-state index contributed by atoms with van der Waals surface area (Å²) in [7, 11) is 1.66. The number of nitrogens with one attached hydrogen (secondary N) is 1. The number of carbonyl (C=O) groups excluding carboxylic acids is 1. The summed E-state index contributed by atoms with van der Waals surface area (Å²) in [4.78, 5) is 14.6. The molecule has 0 radical (unpaired) electrons. The highest BCUT2D eigenvalue weighted by atomic mass is 19.1. The van der Waals surface area contributed by atoms with Crippen LogP contribution in [-0.4, -0.2) is 56.3 Å². The predicted molar refractivity (Wildman–Crippen MR) is 88.4 cm³/mol. The van der Waals surface area contributed by atoms with Crippen molar-refractivity contribution in [2.45, 2.75) is 24.9 Å². The molecule has 2 heterocycles. The molecule has 1 amide bonds. The Morgan fingerprint density at radius 2 is 2.04 bits per heavy atom. The number of rotatable bonds is 5. The molecule has 6 heteroatoms. The molecule has 0 spiro atoms. The molecule has 132 valence electrons. The molecule has 5 nitrogen and oxygen atoms in total. The molecule has 1 N–H and O–H groups in total. The van der Waals surface area contributed by atoms with Gasteiger partial charge in [-0.25, -0.2) is 4.39 Å². The van der Waals surface area contributed by atoms with Crippen LogP contribution in [0.2, 0.25) is 0 Å². The van der Waals surface area contributed by atoms with Crippen molar-refractivity contribution in [2.24, 2.45) is 5.92 Å². The summed E-state index contributed by atoms with van der Waals surface area (Å²) in [5.41, 5.74) is -0.489. The van der Waals surface area contributed by atoms with Crippen molar-refractivity contribution in [3.8, 4) is 5.75 Å². The molecule has 2 fully saturated rings. The summed E-state index contributed by atoms with van der Waals surface area (Å²) < 4.78 is 24.4. The van der Waals surface area contributed by atoms with Gasteiger partial charge >= 0.3 is 0 Å². The lowest BCUT2D eigenvalue weighted by molar-refractivity contribution is -0.136. The van der Waals surface area contributed by atoms with Crippen LogP contribution in [-0.2, 0) is 9.53 Å². The second kappa shape index (κ2) is 7.49. The molecule has 1 unspecified atom stereocenters. The minimum atomic E-state index is -0.489. The van der Waals surface area contributed by atoms with E-state index in [4.69, 9.17) is 9.47 Å². The molecule has 0 bridgehead atoms. The van der Waals surface area contributed by atoms with E-state index in [1.165, 1.54) is 12.1 Å². The maximum absolute atomic E-state index is 13.0. The normalized spacial score (nSPS) is 25.0. The molecule has 0 aromatic heterocycles. The molecule has 2 saturated heterocycles. The standard InChI is InChI=1S/C18H25FN2O3/c1-23-18(13-24-16-4-2-15(19)3-5-16)8-11-21(12-18)17(22)14-6-9-20-10-7-14/h2-5,14,20H,6-13H2,1H3. The summed E-state index contributed by atoms with van der Waals surface area (Å²) in [6, 6.07) is 5.95. The van der Waals surface area contributed by atoms with Gasteiger partial charge in [-0.2, -0.15) is 0 Å². The first-order valence-electron chi connectivity index (χ1n) is 8.55. The lowest BCUT2D eigenvalue weighted by Crippen LogP contribution is -2.45. The Kier molecular flexibility index (Phi) is 5.36. The van der Waals surface area contributed by atoms with E-state index in [1.807, 2.05) is 4.90 Å². The summed E-state index contributed by atoms with van der Waals surface area (Å²) in [5.74, 6) is 0.675. The highest BCUT2D eigenvalue weighted by Crippen LogP contribution is 2.28. The topological polar surface area (TPSA) is 50.8 Å². The Hall–Kier alpha value is -1.66. The molecule has 1 aromatic carbocycles. The zero-order valence-electron chi connectivity index (χ0n) is 14.1. The Labute approximate surface area is 142 Å². The number of hydrogen-bond acceptors (Lipinski definition) is 4. The van der Waals surface area contributed by atoms with Crippen LogP contribution in [0.25, 0.3) is 0 Å². The van der Waals surface area contributed by atoms with Gasteiger partial charge in [0.05, 0.1) is 6.54 Å². The molecule has 0 saturated carbocycles. The number of halogens is 1. The molecule has 1 atom stereocenters. The van der Waals surface area contributed by atoms with Gasteiger partial charge in [-0.15, -0.1) is 0 Å². The molecule has 2 aliphatic rings. The minimum absolute atomic E-state index is 0.122. The van der Waals surface area contributed by atoms with Crippen LogP contribution in [0, 0.1) is 11.7 Å². The highest BCUT2D eigenvalue weighted by Gasteiger charge is 2.42. The van der Waals surface area contributed by atoms with Crippen molar-refractivity contribution in [3.63, 3.8) is 0 Å². The third-order valence-corrected chi connectivity index (χ3v) is 5.06. The van der Waals surface area contributed by atoms with E-state index in [9.17, 15) is 9.18 Å². The number of carbonyl (C=O) groups is 1. The number of amides is 1. The van der Waals surface area contributed by atoms with Crippen molar-refractivity contribution < 1.29 is 18.7 Å². The fourth-order valence-corrected chi connectivity index (χ4v) is 3.45. The van der Waals surface area contributed by atoms with Gasteiger partial charge in [0.15, 0.2) is 0 Å². The fourth-order valence-electron chi connectivity index (χ4n) is 3.45. The van der Waals surface area contributed by atoms with Crippen LogP contribution in [0.15, 0.2) is 24.3 Å². The molecule has 0 aliphatic carbocycles. The van der Waals surface area contributed by atoms with Crippen molar-refractivity contribution in [3.05, 3.63) is 30.1 Å². The second-order valence-corrected chi connectivity index (χ2v) is 6.66. The zero-order chi connectivity index (χ0) is 17.0. The maximum Gasteiger partial charge on any atom is 0.225 e. The number of piperidine rings is 1. The number of benzene rings is 1. The van der Waals surface area contributed by atoms with E-state index < -0.39 is 5.60 Å². The molecule has 1 aromatic rings. The molecule has 3 rings (SSSR count). The van der Waals surface area contributed by atoms with E-state index in [2.05, 4.69) is 5.32 Å². The van der Waals surface area contributed by atoms with Gasteiger partial charge in [-0.1, -0.05) is 0 Å². The SMILES string of the molecule is COC1(COc2ccc(F)cc2)CCN(C(=O)C2CCNCC2)C1. The van der Waals surface area contributed by atoms with Gasteiger partial charge < -0.3 is 19.7 Å². The minimum Gasteiger partial charge on any atom is -0.491 e. The summed E-state index contributed by atoms with van der Waals surface area (Å²) in [6.45, 7) is 3.42. The van der Waals surface area contributed by atoms with Gasteiger partial charge in [0.25, 0.3) is 0 Å². The molecular weight excluding hydrogens is 311 g/mol. The largest absolute Gasteiger partial charge is 0.491 e. The van der Waals surface area contributed by atoms with Crippen molar-refractivity contribution >= 4 is 5.91 Å².